The second-order valence-electron chi connectivity index (χ2n) is 6.31. The molecule has 3 rings (SSSR count). The fourth-order valence-corrected chi connectivity index (χ4v) is 4.10. The lowest BCUT2D eigenvalue weighted by Gasteiger charge is -2.13. The van der Waals surface area contributed by atoms with Crippen molar-refractivity contribution in [3.8, 4) is 6.07 Å². The number of anilines is 1. The Morgan fingerprint density at radius 1 is 1.23 bits per heavy atom. The van der Waals surface area contributed by atoms with Crippen LogP contribution in [-0.2, 0) is 22.4 Å². The van der Waals surface area contributed by atoms with E-state index in [-0.39, 0.29) is 0 Å². The lowest BCUT2D eigenvalue weighted by molar-refractivity contribution is -0.123. The molecule has 1 atom stereocenters. The molecule has 0 aliphatic heterocycles. The molecular formula is C20H20N2O3S. The van der Waals surface area contributed by atoms with Crippen molar-refractivity contribution in [3.63, 3.8) is 0 Å². The number of para-hydroxylation sites is 1. The van der Waals surface area contributed by atoms with Gasteiger partial charge in [-0.15, -0.1) is 11.3 Å². The summed E-state index contributed by atoms with van der Waals surface area (Å²) in [5.74, 6) is -0.932. The van der Waals surface area contributed by atoms with Crippen molar-refractivity contribution in [1.29, 1.82) is 5.26 Å². The predicted octanol–water partition coefficient (Wildman–Crippen LogP) is 4.07. The summed E-state index contributed by atoms with van der Waals surface area (Å²) in [6.45, 7) is 1.53. The minimum absolute atomic E-state index is 0.362. The molecule has 0 spiro atoms. The summed E-state index contributed by atoms with van der Waals surface area (Å²) < 4.78 is 5.33. The number of aryl methyl sites for hydroxylation is 2. The van der Waals surface area contributed by atoms with Crippen LogP contribution in [-0.4, -0.2) is 18.0 Å². The summed E-state index contributed by atoms with van der Waals surface area (Å²) >= 11 is 1.47. The summed E-state index contributed by atoms with van der Waals surface area (Å²) in [6, 6.07) is 10.6. The van der Waals surface area contributed by atoms with Gasteiger partial charge in [0, 0.05) is 4.88 Å². The lowest BCUT2D eigenvalue weighted by atomic mass is 10.1. The molecule has 0 saturated carbocycles. The molecule has 26 heavy (non-hydrogen) atoms. The zero-order valence-corrected chi connectivity index (χ0v) is 15.4. The molecule has 0 fully saturated rings. The Morgan fingerprint density at radius 3 is 2.81 bits per heavy atom. The van der Waals surface area contributed by atoms with Crippen molar-refractivity contribution < 1.29 is 14.3 Å². The summed E-state index contributed by atoms with van der Waals surface area (Å²) in [7, 11) is 0. The number of nitrogens with zero attached hydrogens (tertiary/aromatic N) is 1. The monoisotopic (exact) mass is 368 g/mol. The van der Waals surface area contributed by atoms with Gasteiger partial charge in [-0.05, 0) is 56.4 Å². The molecular weight excluding hydrogens is 348 g/mol. The Hall–Kier alpha value is -2.65. The summed E-state index contributed by atoms with van der Waals surface area (Å²) in [5.41, 5.74) is 2.01. The number of benzene rings is 1. The minimum Gasteiger partial charge on any atom is -0.448 e. The molecule has 1 N–H and O–H groups in total. The highest BCUT2D eigenvalue weighted by Gasteiger charge is 2.23. The Bertz CT molecular complexity index is 843. The Labute approximate surface area is 156 Å². The van der Waals surface area contributed by atoms with Gasteiger partial charge in [0.1, 0.15) is 10.9 Å². The summed E-state index contributed by atoms with van der Waals surface area (Å²) in [4.78, 5) is 26.5. The molecule has 0 unspecified atom stereocenters. The van der Waals surface area contributed by atoms with Crippen molar-refractivity contribution >= 4 is 28.9 Å². The van der Waals surface area contributed by atoms with Crippen LogP contribution in [0, 0.1) is 11.3 Å². The molecule has 1 aromatic carbocycles. The number of esters is 1. The normalized spacial score (nSPS) is 14.5. The summed E-state index contributed by atoms with van der Waals surface area (Å²) in [5, 5.41) is 11.7. The number of nitriles is 1. The van der Waals surface area contributed by atoms with Gasteiger partial charge in [0.15, 0.2) is 6.10 Å². The van der Waals surface area contributed by atoms with Crippen molar-refractivity contribution in [2.75, 3.05) is 5.32 Å². The fourth-order valence-electron chi connectivity index (χ4n) is 2.96. The number of carbonyl (C=O) groups excluding carboxylic acids is 2. The van der Waals surface area contributed by atoms with E-state index in [1.54, 1.807) is 24.3 Å². The van der Waals surface area contributed by atoms with Crippen molar-refractivity contribution in [2.45, 2.75) is 45.1 Å². The lowest BCUT2D eigenvalue weighted by Crippen LogP contribution is -2.30. The molecule has 1 amide bonds. The smallest absolute Gasteiger partial charge is 0.349 e. The van der Waals surface area contributed by atoms with E-state index < -0.39 is 18.0 Å². The standard InChI is InChI=1S/C20H20N2O3S/c1-13(19(23)22-16-9-6-5-8-15(16)12-21)25-20(24)18-11-14-7-3-2-4-10-17(14)26-18/h5-6,8-9,11,13H,2-4,7,10H2,1H3,(H,22,23)/t13-/m1/s1. The van der Waals surface area contributed by atoms with Gasteiger partial charge in [0.25, 0.3) is 5.91 Å². The maximum absolute atomic E-state index is 12.4. The number of rotatable bonds is 4. The van der Waals surface area contributed by atoms with Gasteiger partial charge in [-0.25, -0.2) is 4.79 Å². The Morgan fingerprint density at radius 2 is 2.00 bits per heavy atom. The van der Waals surface area contributed by atoms with E-state index in [1.807, 2.05) is 12.1 Å². The first-order valence-electron chi connectivity index (χ1n) is 8.71. The number of hydrogen-bond donors (Lipinski definition) is 1. The minimum atomic E-state index is -0.948. The van der Waals surface area contributed by atoms with E-state index >= 15 is 0 Å². The van der Waals surface area contributed by atoms with E-state index in [0.717, 1.165) is 25.7 Å². The summed E-state index contributed by atoms with van der Waals surface area (Å²) in [6.07, 6.45) is 4.59. The maximum Gasteiger partial charge on any atom is 0.349 e. The van der Waals surface area contributed by atoms with Gasteiger partial charge in [-0.3, -0.25) is 4.79 Å². The Balaban J connectivity index is 1.64. The number of amides is 1. The molecule has 1 aliphatic rings. The van der Waals surface area contributed by atoms with Crippen LogP contribution in [0.2, 0.25) is 0 Å². The largest absolute Gasteiger partial charge is 0.448 e. The van der Waals surface area contributed by atoms with Gasteiger partial charge in [-0.2, -0.15) is 5.26 Å². The molecule has 134 valence electrons. The van der Waals surface area contributed by atoms with Gasteiger partial charge in [0.05, 0.1) is 11.3 Å². The number of hydrogen-bond acceptors (Lipinski definition) is 5. The third-order valence-electron chi connectivity index (χ3n) is 4.41. The first kappa shape index (κ1) is 18.2. The van der Waals surface area contributed by atoms with E-state index in [1.165, 1.54) is 35.1 Å². The fraction of sp³-hybridized carbons (Fsp3) is 0.350. The second kappa shape index (κ2) is 8.15. The molecule has 1 aliphatic carbocycles. The van der Waals surface area contributed by atoms with Crippen LogP contribution in [0.1, 0.15) is 51.9 Å². The van der Waals surface area contributed by atoms with Crippen LogP contribution >= 0.6 is 11.3 Å². The van der Waals surface area contributed by atoms with Crippen LogP contribution < -0.4 is 5.32 Å². The maximum atomic E-state index is 12.4. The van der Waals surface area contributed by atoms with Gasteiger partial charge in [0.2, 0.25) is 0 Å². The molecule has 6 heteroatoms. The quantitative estimate of drug-likeness (QED) is 0.652. The van der Waals surface area contributed by atoms with Gasteiger partial charge < -0.3 is 10.1 Å². The van der Waals surface area contributed by atoms with Crippen LogP contribution in [0.4, 0.5) is 5.69 Å². The molecule has 0 radical (unpaired) electrons. The average Bonchev–Trinajstić information content (AvgIpc) is 2.93. The first-order chi connectivity index (χ1) is 12.6. The van der Waals surface area contributed by atoms with E-state index in [2.05, 4.69) is 5.32 Å². The highest BCUT2D eigenvalue weighted by molar-refractivity contribution is 7.14. The molecule has 5 nitrogen and oxygen atoms in total. The predicted molar refractivity (Wildman–Crippen MR) is 100 cm³/mol. The van der Waals surface area contributed by atoms with Crippen molar-refractivity contribution in [1.82, 2.24) is 0 Å². The van der Waals surface area contributed by atoms with Crippen LogP contribution in [0.25, 0.3) is 0 Å². The van der Waals surface area contributed by atoms with E-state index in [0.29, 0.717) is 16.1 Å². The number of ether oxygens (including phenoxy) is 1. The number of nitrogens with one attached hydrogen (secondary N) is 1. The first-order valence-corrected chi connectivity index (χ1v) is 9.52. The SMILES string of the molecule is C[C@@H](OC(=O)c1cc2c(s1)CCCCC2)C(=O)Nc1ccccc1C#N. The number of fused-ring (bicyclic) bond motifs is 1. The Kier molecular flexibility index (Phi) is 5.69. The van der Waals surface area contributed by atoms with Crippen molar-refractivity contribution in [3.05, 3.63) is 51.2 Å². The van der Waals surface area contributed by atoms with Gasteiger partial charge in [-0.1, -0.05) is 18.6 Å². The van der Waals surface area contributed by atoms with Crippen LogP contribution in [0.5, 0.6) is 0 Å². The number of carbonyl (C=O) groups is 2. The third-order valence-corrected chi connectivity index (χ3v) is 5.62. The second-order valence-corrected chi connectivity index (χ2v) is 7.45. The molecule has 1 heterocycles. The highest BCUT2D eigenvalue weighted by Crippen LogP contribution is 2.29. The highest BCUT2D eigenvalue weighted by atomic mass is 32.1. The van der Waals surface area contributed by atoms with Crippen LogP contribution in [0.15, 0.2) is 30.3 Å². The van der Waals surface area contributed by atoms with Crippen LogP contribution in [0.3, 0.4) is 0 Å². The molecule has 2 aromatic rings. The van der Waals surface area contributed by atoms with E-state index in [9.17, 15) is 9.59 Å². The molecule has 0 bridgehead atoms. The van der Waals surface area contributed by atoms with Gasteiger partial charge >= 0.3 is 5.97 Å². The zero-order chi connectivity index (χ0) is 18.5. The topological polar surface area (TPSA) is 79.2 Å². The van der Waals surface area contributed by atoms with Crippen molar-refractivity contribution in [2.24, 2.45) is 0 Å². The van der Waals surface area contributed by atoms with E-state index in [4.69, 9.17) is 10.00 Å². The molecule has 1 aromatic heterocycles. The number of thiophene rings is 1. The third kappa shape index (κ3) is 4.12. The zero-order valence-electron chi connectivity index (χ0n) is 14.6. The molecule has 0 saturated heterocycles. The average molecular weight is 368 g/mol.